The zero-order valence-corrected chi connectivity index (χ0v) is 13.9. The van der Waals surface area contributed by atoms with Crippen LogP contribution in [0.15, 0.2) is 0 Å². The van der Waals surface area contributed by atoms with Crippen molar-refractivity contribution in [2.24, 2.45) is 0 Å². The Kier molecular flexibility index (Phi) is 8.22. The van der Waals surface area contributed by atoms with Crippen LogP contribution in [-0.2, 0) is 9.53 Å². The number of hydrogen-bond acceptors (Lipinski definition) is 4. The third-order valence-electron chi connectivity index (χ3n) is 4.17. The largest absolute Gasteiger partial charge is 0.480 e. The number of nitrogens with zero attached hydrogens (tertiary/aromatic N) is 1. The predicted octanol–water partition coefficient (Wildman–Crippen LogP) is 2.11. The van der Waals surface area contributed by atoms with Crippen LogP contribution in [-0.4, -0.2) is 60.4 Å². The van der Waals surface area contributed by atoms with Gasteiger partial charge in [0.1, 0.15) is 5.54 Å². The second kappa shape index (κ2) is 9.38. The van der Waals surface area contributed by atoms with Gasteiger partial charge in [-0.05, 0) is 59.0 Å². The molecule has 1 aliphatic rings. The number of carboxylic acid groups (broad SMARTS) is 1. The lowest BCUT2D eigenvalue weighted by Crippen LogP contribution is -2.49. The number of carboxylic acids is 1. The van der Waals surface area contributed by atoms with E-state index in [4.69, 9.17) is 4.74 Å². The van der Waals surface area contributed by atoms with Crippen LogP contribution in [0.3, 0.4) is 0 Å². The molecule has 124 valence electrons. The SMILES string of the molecule is CCCNC(C)(CCCCN1CCCOC(C)C1)C(=O)O. The Morgan fingerprint density at radius 3 is 2.90 bits per heavy atom. The molecule has 1 aliphatic heterocycles. The van der Waals surface area contributed by atoms with Crippen LogP contribution in [0.5, 0.6) is 0 Å². The molecular formula is C16H32N2O3. The molecule has 0 amide bonds. The highest BCUT2D eigenvalue weighted by atomic mass is 16.5. The maximum absolute atomic E-state index is 11.4. The van der Waals surface area contributed by atoms with Crippen LogP contribution >= 0.6 is 0 Å². The molecule has 5 nitrogen and oxygen atoms in total. The lowest BCUT2D eigenvalue weighted by Gasteiger charge is -2.27. The van der Waals surface area contributed by atoms with Crippen molar-refractivity contribution in [3.8, 4) is 0 Å². The highest BCUT2D eigenvalue weighted by molar-refractivity contribution is 5.78. The van der Waals surface area contributed by atoms with Crippen LogP contribution in [0, 0.1) is 0 Å². The summed E-state index contributed by atoms with van der Waals surface area (Å²) in [7, 11) is 0. The molecule has 0 saturated carbocycles. The van der Waals surface area contributed by atoms with E-state index in [0.29, 0.717) is 12.5 Å². The standard InChI is InChI=1S/C16H32N2O3/c1-4-9-17-16(3,15(19)20)8-5-6-10-18-11-7-12-21-14(2)13-18/h14,17H,4-13H2,1-3H3,(H,19,20). The first kappa shape index (κ1) is 18.4. The van der Waals surface area contributed by atoms with Gasteiger partial charge in [-0.15, -0.1) is 0 Å². The van der Waals surface area contributed by atoms with Crippen molar-refractivity contribution in [3.63, 3.8) is 0 Å². The van der Waals surface area contributed by atoms with Gasteiger partial charge in [0.2, 0.25) is 0 Å². The van der Waals surface area contributed by atoms with E-state index in [9.17, 15) is 9.90 Å². The molecule has 0 bridgehead atoms. The maximum atomic E-state index is 11.4. The molecule has 1 rings (SSSR count). The zero-order chi connectivity index (χ0) is 15.7. The third-order valence-corrected chi connectivity index (χ3v) is 4.17. The first-order valence-electron chi connectivity index (χ1n) is 8.30. The Hall–Kier alpha value is -0.650. The minimum Gasteiger partial charge on any atom is -0.480 e. The second-order valence-electron chi connectivity index (χ2n) is 6.36. The average Bonchev–Trinajstić information content (AvgIpc) is 2.65. The molecule has 21 heavy (non-hydrogen) atoms. The summed E-state index contributed by atoms with van der Waals surface area (Å²) in [5.41, 5.74) is -0.787. The van der Waals surface area contributed by atoms with Gasteiger partial charge in [0.15, 0.2) is 0 Å². The molecule has 0 radical (unpaired) electrons. The first-order valence-corrected chi connectivity index (χ1v) is 8.30. The fourth-order valence-corrected chi connectivity index (χ4v) is 2.77. The van der Waals surface area contributed by atoms with Gasteiger partial charge in [-0.25, -0.2) is 0 Å². The minimum atomic E-state index is -0.787. The summed E-state index contributed by atoms with van der Waals surface area (Å²) in [5.74, 6) is -0.743. The lowest BCUT2D eigenvalue weighted by atomic mass is 9.94. The number of ether oxygens (including phenoxy) is 1. The Labute approximate surface area is 129 Å². The smallest absolute Gasteiger partial charge is 0.323 e. The van der Waals surface area contributed by atoms with Crippen molar-refractivity contribution < 1.29 is 14.6 Å². The Balaban J connectivity index is 2.28. The number of rotatable bonds is 9. The summed E-state index contributed by atoms with van der Waals surface area (Å²) in [6, 6.07) is 0. The summed E-state index contributed by atoms with van der Waals surface area (Å²) in [6.07, 6.45) is 5.02. The number of hydrogen-bond donors (Lipinski definition) is 2. The van der Waals surface area contributed by atoms with Crippen LogP contribution in [0.1, 0.15) is 52.9 Å². The molecule has 2 N–H and O–H groups in total. The Morgan fingerprint density at radius 1 is 1.48 bits per heavy atom. The third kappa shape index (κ3) is 6.76. The molecule has 0 spiro atoms. The van der Waals surface area contributed by atoms with Crippen molar-refractivity contribution in [3.05, 3.63) is 0 Å². The molecule has 0 aromatic carbocycles. The minimum absolute atomic E-state index is 0.308. The van der Waals surface area contributed by atoms with E-state index in [-0.39, 0.29) is 0 Å². The molecule has 5 heteroatoms. The number of aliphatic carboxylic acids is 1. The van der Waals surface area contributed by atoms with Crippen molar-refractivity contribution in [2.45, 2.75) is 64.5 Å². The van der Waals surface area contributed by atoms with E-state index >= 15 is 0 Å². The zero-order valence-electron chi connectivity index (χ0n) is 13.9. The van der Waals surface area contributed by atoms with E-state index in [2.05, 4.69) is 24.1 Å². The van der Waals surface area contributed by atoms with E-state index in [1.165, 1.54) is 0 Å². The van der Waals surface area contributed by atoms with Gasteiger partial charge in [0.25, 0.3) is 0 Å². The van der Waals surface area contributed by atoms with Crippen molar-refractivity contribution >= 4 is 5.97 Å². The van der Waals surface area contributed by atoms with Crippen LogP contribution < -0.4 is 5.32 Å². The molecule has 0 aliphatic carbocycles. The number of nitrogens with one attached hydrogen (secondary N) is 1. The number of carbonyl (C=O) groups is 1. The molecular weight excluding hydrogens is 268 g/mol. The van der Waals surface area contributed by atoms with Crippen LogP contribution in [0.2, 0.25) is 0 Å². The fourth-order valence-electron chi connectivity index (χ4n) is 2.77. The van der Waals surface area contributed by atoms with Crippen molar-refractivity contribution in [1.82, 2.24) is 10.2 Å². The first-order chi connectivity index (χ1) is 9.98. The topological polar surface area (TPSA) is 61.8 Å². The summed E-state index contributed by atoms with van der Waals surface area (Å²) < 4.78 is 5.64. The van der Waals surface area contributed by atoms with Gasteiger partial charge in [0.05, 0.1) is 6.10 Å². The summed E-state index contributed by atoms with van der Waals surface area (Å²) in [4.78, 5) is 13.9. The van der Waals surface area contributed by atoms with E-state index < -0.39 is 11.5 Å². The quantitative estimate of drug-likeness (QED) is 0.639. The summed E-state index contributed by atoms with van der Waals surface area (Å²) in [5, 5.41) is 12.6. The van der Waals surface area contributed by atoms with E-state index in [0.717, 1.165) is 58.5 Å². The molecule has 1 saturated heterocycles. The summed E-state index contributed by atoms with van der Waals surface area (Å²) in [6.45, 7) is 10.7. The van der Waals surface area contributed by atoms with Crippen molar-refractivity contribution in [2.75, 3.05) is 32.8 Å². The Bertz CT molecular complexity index is 312. The highest BCUT2D eigenvalue weighted by Crippen LogP contribution is 2.15. The van der Waals surface area contributed by atoms with Gasteiger partial charge in [-0.1, -0.05) is 6.92 Å². The van der Waals surface area contributed by atoms with Gasteiger partial charge in [-0.3, -0.25) is 4.79 Å². The molecule has 2 atom stereocenters. The Morgan fingerprint density at radius 2 is 2.24 bits per heavy atom. The molecule has 0 aromatic heterocycles. The van der Waals surface area contributed by atoms with E-state index in [1.807, 2.05) is 0 Å². The predicted molar refractivity (Wildman–Crippen MR) is 84.7 cm³/mol. The lowest BCUT2D eigenvalue weighted by molar-refractivity contribution is -0.144. The van der Waals surface area contributed by atoms with Gasteiger partial charge in [-0.2, -0.15) is 0 Å². The van der Waals surface area contributed by atoms with Gasteiger partial charge < -0.3 is 20.1 Å². The van der Waals surface area contributed by atoms with Crippen LogP contribution in [0.4, 0.5) is 0 Å². The molecule has 2 unspecified atom stereocenters. The van der Waals surface area contributed by atoms with Crippen molar-refractivity contribution in [1.29, 1.82) is 0 Å². The normalized spacial score (nSPS) is 23.5. The average molecular weight is 300 g/mol. The van der Waals surface area contributed by atoms with Gasteiger partial charge in [0, 0.05) is 19.7 Å². The number of unbranched alkanes of at least 4 members (excludes halogenated alkanes) is 1. The molecule has 0 aromatic rings. The summed E-state index contributed by atoms with van der Waals surface area (Å²) >= 11 is 0. The molecule has 1 fully saturated rings. The monoisotopic (exact) mass is 300 g/mol. The highest BCUT2D eigenvalue weighted by Gasteiger charge is 2.31. The van der Waals surface area contributed by atoms with Gasteiger partial charge >= 0.3 is 5.97 Å². The maximum Gasteiger partial charge on any atom is 0.323 e. The molecule has 1 heterocycles. The second-order valence-corrected chi connectivity index (χ2v) is 6.36. The fraction of sp³-hybridized carbons (Fsp3) is 0.938. The van der Waals surface area contributed by atoms with Crippen LogP contribution in [0.25, 0.3) is 0 Å². The van der Waals surface area contributed by atoms with E-state index in [1.54, 1.807) is 6.92 Å².